The molecule has 1 saturated carbocycles. The first-order chi connectivity index (χ1) is 11.7. The van der Waals surface area contributed by atoms with Gasteiger partial charge < -0.3 is 5.11 Å². The summed E-state index contributed by atoms with van der Waals surface area (Å²) >= 11 is 1.77. The summed E-state index contributed by atoms with van der Waals surface area (Å²) < 4.78 is 2.05. The lowest BCUT2D eigenvalue weighted by molar-refractivity contribution is 0.0687. The number of aromatic carboxylic acids is 1. The molecule has 1 aromatic carbocycles. The third-order valence-corrected chi connectivity index (χ3v) is 6.64. The van der Waals surface area contributed by atoms with E-state index < -0.39 is 5.97 Å². The van der Waals surface area contributed by atoms with Crippen molar-refractivity contribution in [2.24, 2.45) is 0 Å². The number of thioether (sulfide) groups is 1. The summed E-state index contributed by atoms with van der Waals surface area (Å²) in [6, 6.07) is 8.68. The van der Waals surface area contributed by atoms with E-state index in [4.69, 9.17) is 0 Å². The third-order valence-electron chi connectivity index (χ3n) is 5.17. The van der Waals surface area contributed by atoms with Crippen LogP contribution in [-0.4, -0.2) is 20.9 Å². The molecule has 0 bridgehead atoms. The number of rotatable bonds is 3. The van der Waals surface area contributed by atoms with Crippen molar-refractivity contribution < 1.29 is 9.90 Å². The van der Waals surface area contributed by atoms with E-state index in [9.17, 15) is 9.90 Å². The Morgan fingerprint density at radius 3 is 2.75 bits per heavy atom. The van der Waals surface area contributed by atoms with E-state index in [0.717, 1.165) is 36.1 Å². The van der Waals surface area contributed by atoms with Crippen LogP contribution in [0.1, 0.15) is 72.8 Å². The fourth-order valence-corrected chi connectivity index (χ4v) is 5.30. The molecule has 24 heavy (non-hydrogen) atoms. The van der Waals surface area contributed by atoms with Gasteiger partial charge in [-0.05, 0) is 25.3 Å². The monoisotopic (exact) mass is 342 g/mol. The topological polar surface area (TPSA) is 55.1 Å². The number of nitrogens with zero attached hydrogens (tertiary/aromatic N) is 2. The normalized spacial score (nSPS) is 20.5. The van der Waals surface area contributed by atoms with Crippen LogP contribution in [-0.2, 0) is 0 Å². The van der Waals surface area contributed by atoms with Crippen molar-refractivity contribution in [1.82, 2.24) is 9.78 Å². The molecule has 1 fully saturated rings. The summed E-state index contributed by atoms with van der Waals surface area (Å²) in [5.74, 6) is -0.903. The largest absolute Gasteiger partial charge is 0.476 e. The van der Waals surface area contributed by atoms with Crippen LogP contribution in [0.4, 0.5) is 0 Å². The quantitative estimate of drug-likeness (QED) is 0.821. The zero-order valence-electron chi connectivity index (χ0n) is 13.9. The summed E-state index contributed by atoms with van der Waals surface area (Å²) in [4.78, 5) is 13.1. The number of hydrogen-bond donors (Lipinski definition) is 1. The molecule has 1 unspecified atom stereocenters. The number of fused-ring (bicyclic) bond motifs is 3. The standard InChI is InChI=1S/C19H22N2O2S/c1-2-14-16-17(19(22)23)20-21(12-8-4-3-5-9-12)18(16)13-10-6-7-11-15(13)24-14/h6-7,10-12,14H,2-5,8-9H2,1H3,(H,22,23). The minimum absolute atomic E-state index is 0.165. The summed E-state index contributed by atoms with van der Waals surface area (Å²) in [5, 5.41) is 14.5. The molecule has 2 heterocycles. The van der Waals surface area contributed by atoms with E-state index in [1.807, 2.05) is 6.07 Å². The molecule has 1 aliphatic carbocycles. The maximum Gasteiger partial charge on any atom is 0.356 e. The zero-order valence-corrected chi connectivity index (χ0v) is 14.7. The fourth-order valence-electron chi connectivity index (χ4n) is 4.03. The molecule has 0 amide bonds. The Hall–Kier alpha value is -1.75. The number of carbonyl (C=O) groups is 1. The molecule has 4 rings (SSSR count). The Morgan fingerprint density at radius 1 is 1.29 bits per heavy atom. The molecule has 2 aromatic rings. The molecule has 4 nitrogen and oxygen atoms in total. The summed E-state index contributed by atoms with van der Waals surface area (Å²) in [6.45, 7) is 2.12. The van der Waals surface area contributed by atoms with E-state index in [0.29, 0.717) is 6.04 Å². The second-order valence-electron chi connectivity index (χ2n) is 6.66. The Balaban J connectivity index is 1.95. The Morgan fingerprint density at radius 2 is 2.04 bits per heavy atom. The third kappa shape index (κ3) is 2.46. The van der Waals surface area contributed by atoms with Crippen LogP contribution in [0.15, 0.2) is 29.2 Å². The molecule has 126 valence electrons. The van der Waals surface area contributed by atoms with Crippen molar-refractivity contribution in [3.63, 3.8) is 0 Å². The van der Waals surface area contributed by atoms with Crippen molar-refractivity contribution in [2.75, 3.05) is 0 Å². The lowest BCUT2D eigenvalue weighted by Gasteiger charge is -2.28. The molecule has 0 radical (unpaired) electrons. The van der Waals surface area contributed by atoms with Crippen LogP contribution in [0.5, 0.6) is 0 Å². The molecule has 1 N–H and O–H groups in total. The molecule has 0 saturated heterocycles. The summed E-state index contributed by atoms with van der Waals surface area (Å²) in [6.07, 6.45) is 6.78. The second-order valence-corrected chi connectivity index (χ2v) is 7.91. The first kappa shape index (κ1) is 15.8. The van der Waals surface area contributed by atoms with Crippen LogP contribution < -0.4 is 0 Å². The van der Waals surface area contributed by atoms with E-state index in [1.54, 1.807) is 11.8 Å². The van der Waals surface area contributed by atoms with Crippen molar-refractivity contribution >= 4 is 17.7 Å². The average molecular weight is 342 g/mol. The van der Waals surface area contributed by atoms with Crippen molar-refractivity contribution in [3.8, 4) is 11.3 Å². The van der Waals surface area contributed by atoms with Gasteiger partial charge in [-0.2, -0.15) is 5.10 Å². The van der Waals surface area contributed by atoms with Gasteiger partial charge in [0.25, 0.3) is 0 Å². The molecule has 1 atom stereocenters. The van der Waals surface area contributed by atoms with E-state index in [1.165, 1.54) is 24.2 Å². The van der Waals surface area contributed by atoms with Crippen LogP contribution in [0, 0.1) is 0 Å². The number of carboxylic acids is 1. The average Bonchev–Trinajstić information content (AvgIpc) is 3.03. The number of benzene rings is 1. The summed E-state index contributed by atoms with van der Waals surface area (Å²) in [7, 11) is 0. The minimum Gasteiger partial charge on any atom is -0.476 e. The van der Waals surface area contributed by atoms with Crippen LogP contribution in [0.25, 0.3) is 11.3 Å². The van der Waals surface area contributed by atoms with Gasteiger partial charge in [0.2, 0.25) is 0 Å². The SMILES string of the molecule is CCC1Sc2ccccc2-c2c1c(C(=O)O)nn2C1CCCCC1. The molecule has 1 aliphatic heterocycles. The Labute approximate surface area is 146 Å². The summed E-state index contributed by atoms with van der Waals surface area (Å²) in [5.41, 5.74) is 3.39. The van der Waals surface area contributed by atoms with E-state index in [-0.39, 0.29) is 10.9 Å². The highest BCUT2D eigenvalue weighted by Gasteiger charge is 2.35. The van der Waals surface area contributed by atoms with Gasteiger partial charge in [-0.25, -0.2) is 4.79 Å². The van der Waals surface area contributed by atoms with Crippen LogP contribution >= 0.6 is 11.8 Å². The molecule has 1 aromatic heterocycles. The first-order valence-corrected chi connectivity index (χ1v) is 9.70. The highest BCUT2D eigenvalue weighted by molar-refractivity contribution is 7.99. The van der Waals surface area contributed by atoms with Gasteiger partial charge in [0.15, 0.2) is 5.69 Å². The van der Waals surface area contributed by atoms with Crippen molar-refractivity contribution in [2.45, 2.75) is 61.6 Å². The second kappa shape index (κ2) is 6.28. The van der Waals surface area contributed by atoms with E-state index >= 15 is 0 Å². The van der Waals surface area contributed by atoms with Crippen molar-refractivity contribution in [1.29, 1.82) is 0 Å². The van der Waals surface area contributed by atoms with Gasteiger partial charge in [0, 0.05) is 21.3 Å². The van der Waals surface area contributed by atoms with Crippen LogP contribution in [0.3, 0.4) is 0 Å². The Kier molecular flexibility index (Phi) is 4.12. The number of aromatic nitrogens is 2. The fraction of sp³-hybridized carbons (Fsp3) is 0.474. The first-order valence-electron chi connectivity index (χ1n) is 8.82. The molecular weight excluding hydrogens is 320 g/mol. The maximum atomic E-state index is 11.9. The Bertz CT molecular complexity index is 778. The molecule has 2 aliphatic rings. The maximum absolute atomic E-state index is 11.9. The lowest BCUT2D eigenvalue weighted by atomic mass is 9.94. The predicted octanol–water partition coefficient (Wildman–Crippen LogP) is 5.31. The number of hydrogen-bond acceptors (Lipinski definition) is 3. The van der Waals surface area contributed by atoms with Gasteiger partial charge in [0.05, 0.1) is 11.7 Å². The minimum atomic E-state index is -0.903. The van der Waals surface area contributed by atoms with Gasteiger partial charge in [-0.3, -0.25) is 4.68 Å². The molecule has 0 spiro atoms. The predicted molar refractivity (Wildman–Crippen MR) is 95.6 cm³/mol. The number of carboxylic acid groups (broad SMARTS) is 1. The highest BCUT2D eigenvalue weighted by atomic mass is 32.2. The van der Waals surface area contributed by atoms with Gasteiger partial charge in [-0.1, -0.05) is 44.4 Å². The smallest absolute Gasteiger partial charge is 0.356 e. The molecular formula is C19H22N2O2S. The van der Waals surface area contributed by atoms with E-state index in [2.05, 4.69) is 34.9 Å². The van der Waals surface area contributed by atoms with Gasteiger partial charge in [0.1, 0.15) is 0 Å². The van der Waals surface area contributed by atoms with Crippen molar-refractivity contribution in [3.05, 3.63) is 35.5 Å². The van der Waals surface area contributed by atoms with Gasteiger partial charge in [-0.15, -0.1) is 11.8 Å². The van der Waals surface area contributed by atoms with Crippen LogP contribution in [0.2, 0.25) is 0 Å². The van der Waals surface area contributed by atoms with Gasteiger partial charge >= 0.3 is 5.97 Å². The molecule has 5 heteroatoms. The highest BCUT2D eigenvalue weighted by Crippen LogP contribution is 2.52. The lowest BCUT2D eigenvalue weighted by Crippen LogP contribution is -2.16. The zero-order chi connectivity index (χ0) is 16.7.